The van der Waals surface area contributed by atoms with Crippen molar-refractivity contribution in [2.75, 3.05) is 0 Å². The van der Waals surface area contributed by atoms with Crippen LogP contribution in [-0.4, -0.2) is 31.3 Å². The van der Waals surface area contributed by atoms with Gasteiger partial charge >= 0.3 is 12.1 Å². The van der Waals surface area contributed by atoms with Gasteiger partial charge in [0.2, 0.25) is 0 Å². The van der Waals surface area contributed by atoms with Crippen LogP contribution in [0.2, 0.25) is 0 Å². The van der Waals surface area contributed by atoms with Gasteiger partial charge in [-0.3, -0.25) is 0 Å². The molecule has 0 radical (unpaired) electrons. The molecule has 0 atom stereocenters. The van der Waals surface area contributed by atoms with Gasteiger partial charge in [0.1, 0.15) is 0 Å². The predicted molar refractivity (Wildman–Crippen MR) is 86.5 cm³/mol. The number of halogens is 3. The van der Waals surface area contributed by atoms with Gasteiger partial charge in [-0.15, -0.1) is 5.10 Å². The first kappa shape index (κ1) is 18.1. The smallest absolute Gasteiger partial charge is 0.418 e. The zero-order valence-electron chi connectivity index (χ0n) is 14.0. The number of aromatic nitrogens is 4. The van der Waals surface area contributed by atoms with Gasteiger partial charge in [0.15, 0.2) is 5.82 Å². The van der Waals surface area contributed by atoms with Gasteiger partial charge in [0.25, 0.3) is 0 Å². The topological polar surface area (TPSA) is 80.9 Å². The largest absolute Gasteiger partial charge is 0.478 e. The minimum atomic E-state index is -4.68. The molecule has 0 unspecified atom stereocenters. The maximum Gasteiger partial charge on any atom is 0.418 e. The molecule has 1 fully saturated rings. The maximum absolute atomic E-state index is 13.6. The number of tetrazole rings is 1. The molecule has 26 heavy (non-hydrogen) atoms. The van der Waals surface area contributed by atoms with Gasteiger partial charge in [-0.05, 0) is 53.8 Å². The number of carbonyl (C=O) groups is 1. The second-order valence-corrected chi connectivity index (χ2v) is 6.30. The Morgan fingerprint density at radius 3 is 2.54 bits per heavy atom. The fraction of sp³-hybridized carbons (Fsp3) is 0.412. The molecule has 0 spiro atoms. The molecule has 0 saturated heterocycles. The van der Waals surface area contributed by atoms with Crippen LogP contribution in [0.3, 0.4) is 0 Å². The van der Waals surface area contributed by atoms with Crippen molar-refractivity contribution < 1.29 is 23.1 Å². The molecule has 3 rings (SSSR count). The first-order valence-corrected chi connectivity index (χ1v) is 8.19. The molecular formula is C17H17F3N4O2. The van der Waals surface area contributed by atoms with Gasteiger partial charge in [-0.25, -0.2) is 4.79 Å². The van der Waals surface area contributed by atoms with E-state index in [2.05, 4.69) is 15.5 Å². The molecule has 138 valence electrons. The summed E-state index contributed by atoms with van der Waals surface area (Å²) in [5, 5.41) is 20.0. The van der Waals surface area contributed by atoms with Gasteiger partial charge in [-0.2, -0.15) is 17.9 Å². The Balaban J connectivity index is 2.11. The molecule has 0 amide bonds. The molecule has 1 aromatic carbocycles. The minimum absolute atomic E-state index is 0.0196. The van der Waals surface area contributed by atoms with Crippen LogP contribution >= 0.6 is 0 Å². The molecule has 1 heterocycles. The van der Waals surface area contributed by atoms with Gasteiger partial charge < -0.3 is 5.11 Å². The highest BCUT2D eigenvalue weighted by atomic mass is 19.4. The standard InChI is InChI=1S/C17H17F3N4O2/c1-10-21-22-23-24(10)15-7-6-12(9-14(15)17(18,19)20)13(16(25)26)8-11-4-2-3-5-11/h6-9,11H,2-5H2,1H3,(H,25,26). The number of rotatable bonds is 4. The van der Waals surface area contributed by atoms with Crippen LogP contribution in [0, 0.1) is 12.8 Å². The second kappa shape index (κ2) is 6.89. The lowest BCUT2D eigenvalue weighted by molar-refractivity contribution is -0.137. The average Bonchev–Trinajstić information content (AvgIpc) is 3.22. The molecule has 9 heteroatoms. The first-order valence-electron chi connectivity index (χ1n) is 8.19. The summed E-state index contributed by atoms with van der Waals surface area (Å²) in [5.74, 6) is -0.962. The zero-order chi connectivity index (χ0) is 18.9. The van der Waals surface area contributed by atoms with E-state index < -0.39 is 17.7 Å². The highest BCUT2D eigenvalue weighted by molar-refractivity contribution is 6.15. The van der Waals surface area contributed by atoms with E-state index in [1.807, 2.05) is 0 Å². The van der Waals surface area contributed by atoms with Crippen molar-refractivity contribution in [2.45, 2.75) is 38.8 Å². The fourth-order valence-electron chi connectivity index (χ4n) is 3.22. The minimum Gasteiger partial charge on any atom is -0.478 e. The highest BCUT2D eigenvalue weighted by Gasteiger charge is 2.35. The van der Waals surface area contributed by atoms with E-state index in [0.717, 1.165) is 36.4 Å². The van der Waals surface area contributed by atoms with E-state index >= 15 is 0 Å². The number of hydrogen-bond donors (Lipinski definition) is 1. The maximum atomic E-state index is 13.6. The number of aliphatic carboxylic acids is 1. The monoisotopic (exact) mass is 366 g/mol. The summed E-state index contributed by atoms with van der Waals surface area (Å²) < 4.78 is 41.7. The quantitative estimate of drug-likeness (QED) is 0.836. The Hall–Kier alpha value is -2.71. The number of aryl methyl sites for hydroxylation is 1. The molecule has 0 bridgehead atoms. The molecule has 1 aliphatic rings. The van der Waals surface area contributed by atoms with E-state index in [1.54, 1.807) is 6.08 Å². The van der Waals surface area contributed by atoms with Crippen molar-refractivity contribution in [3.63, 3.8) is 0 Å². The molecule has 1 aromatic heterocycles. The van der Waals surface area contributed by atoms with Gasteiger partial charge in [0, 0.05) is 0 Å². The average molecular weight is 366 g/mol. The molecular weight excluding hydrogens is 349 g/mol. The lowest BCUT2D eigenvalue weighted by Crippen LogP contribution is -2.14. The summed E-state index contributed by atoms with van der Waals surface area (Å²) in [6.45, 7) is 1.48. The molecule has 1 N–H and O–H groups in total. The van der Waals surface area contributed by atoms with E-state index in [9.17, 15) is 23.1 Å². The van der Waals surface area contributed by atoms with Crippen molar-refractivity contribution in [1.82, 2.24) is 20.2 Å². The summed E-state index contributed by atoms with van der Waals surface area (Å²) in [6.07, 6.45) is 0.599. The number of carboxylic acid groups (broad SMARTS) is 1. The van der Waals surface area contributed by atoms with Gasteiger partial charge in [-0.1, -0.05) is 25.0 Å². The normalized spacial score (nSPS) is 16.2. The number of carboxylic acids is 1. The number of nitrogens with zero attached hydrogens (tertiary/aromatic N) is 4. The Labute approximate surface area is 147 Å². The Morgan fingerprint density at radius 2 is 2.00 bits per heavy atom. The van der Waals surface area contributed by atoms with Crippen LogP contribution in [0.25, 0.3) is 11.3 Å². The molecule has 2 aromatic rings. The Bertz CT molecular complexity index is 852. The number of allylic oxidation sites excluding steroid dienone is 1. The second-order valence-electron chi connectivity index (χ2n) is 6.30. The highest BCUT2D eigenvalue weighted by Crippen LogP contribution is 2.36. The van der Waals surface area contributed by atoms with E-state index in [-0.39, 0.29) is 28.6 Å². The van der Waals surface area contributed by atoms with Crippen LogP contribution in [0.1, 0.15) is 42.6 Å². The SMILES string of the molecule is Cc1nnnn1-c1ccc(C(=CC2CCCC2)C(=O)O)cc1C(F)(F)F. The van der Waals surface area contributed by atoms with Crippen LogP contribution in [0.4, 0.5) is 13.2 Å². The summed E-state index contributed by atoms with van der Waals surface area (Å²) in [6, 6.07) is 3.42. The fourth-order valence-corrected chi connectivity index (χ4v) is 3.22. The van der Waals surface area contributed by atoms with Crippen LogP contribution in [-0.2, 0) is 11.0 Å². The Kier molecular flexibility index (Phi) is 4.80. The summed E-state index contributed by atoms with van der Waals surface area (Å²) in [4.78, 5) is 11.6. The van der Waals surface area contributed by atoms with Crippen molar-refractivity contribution in [2.24, 2.45) is 5.92 Å². The van der Waals surface area contributed by atoms with Crippen LogP contribution in [0.5, 0.6) is 0 Å². The third kappa shape index (κ3) is 3.61. The van der Waals surface area contributed by atoms with Crippen LogP contribution in [0.15, 0.2) is 24.3 Å². The van der Waals surface area contributed by atoms with Gasteiger partial charge in [0.05, 0.1) is 16.8 Å². The van der Waals surface area contributed by atoms with Crippen molar-refractivity contribution in [1.29, 1.82) is 0 Å². The molecule has 1 saturated carbocycles. The van der Waals surface area contributed by atoms with E-state index in [1.165, 1.54) is 19.1 Å². The van der Waals surface area contributed by atoms with E-state index in [4.69, 9.17) is 0 Å². The van der Waals surface area contributed by atoms with E-state index in [0.29, 0.717) is 0 Å². The third-order valence-electron chi connectivity index (χ3n) is 4.50. The van der Waals surface area contributed by atoms with Crippen molar-refractivity contribution >= 4 is 11.5 Å². The molecule has 0 aliphatic heterocycles. The number of alkyl halides is 3. The number of benzene rings is 1. The molecule has 1 aliphatic carbocycles. The summed E-state index contributed by atoms with van der Waals surface area (Å²) >= 11 is 0. The van der Waals surface area contributed by atoms with Crippen LogP contribution < -0.4 is 0 Å². The van der Waals surface area contributed by atoms with Crippen molar-refractivity contribution in [3.8, 4) is 5.69 Å². The zero-order valence-corrected chi connectivity index (χ0v) is 14.0. The first-order chi connectivity index (χ1) is 12.3. The summed E-state index contributed by atoms with van der Waals surface area (Å²) in [7, 11) is 0. The lowest BCUT2D eigenvalue weighted by atomic mass is 9.96. The Morgan fingerprint density at radius 1 is 1.31 bits per heavy atom. The van der Waals surface area contributed by atoms with Crippen molar-refractivity contribution in [3.05, 3.63) is 41.2 Å². The number of hydrogen-bond acceptors (Lipinski definition) is 4. The summed E-state index contributed by atoms with van der Waals surface area (Å²) in [5.41, 5.74) is -1.31. The third-order valence-corrected chi connectivity index (χ3v) is 4.50. The lowest BCUT2D eigenvalue weighted by Gasteiger charge is -2.15. The predicted octanol–water partition coefficient (Wildman–Crippen LogP) is 3.65. The molecule has 6 nitrogen and oxygen atoms in total.